The van der Waals surface area contributed by atoms with Crippen LogP contribution in [0, 0.1) is 0 Å². The number of carbonyl (C=O) groups is 2. The average Bonchev–Trinajstić information content (AvgIpc) is 2.70. The van der Waals surface area contributed by atoms with Crippen molar-refractivity contribution in [3.63, 3.8) is 0 Å². The molecule has 0 bridgehead atoms. The molecule has 1 heterocycles. The Morgan fingerprint density at radius 1 is 1.04 bits per heavy atom. The first-order chi connectivity index (χ1) is 13.0. The minimum Gasteiger partial charge on any atom is -0.481 e. The summed E-state index contributed by atoms with van der Waals surface area (Å²) in [7, 11) is 4.17. The van der Waals surface area contributed by atoms with Crippen LogP contribution in [0.3, 0.4) is 0 Å². The maximum atomic E-state index is 12.3. The number of hydrogen-bond acceptors (Lipinski definition) is 9. The predicted molar refractivity (Wildman–Crippen MR) is 93.4 cm³/mol. The number of benzene rings is 1. The predicted octanol–water partition coefficient (Wildman–Crippen LogP) is 2.05. The van der Waals surface area contributed by atoms with Gasteiger partial charge in [0.25, 0.3) is 0 Å². The first-order valence-electron chi connectivity index (χ1n) is 7.94. The highest BCUT2D eigenvalue weighted by Crippen LogP contribution is 2.24. The van der Waals surface area contributed by atoms with Crippen molar-refractivity contribution in [1.82, 2.24) is 9.97 Å². The van der Waals surface area contributed by atoms with Crippen LogP contribution in [0.15, 0.2) is 30.3 Å². The maximum Gasteiger partial charge on any atom is 0.334 e. The molecule has 1 atom stereocenters. The molecule has 0 radical (unpaired) electrons. The van der Waals surface area contributed by atoms with Gasteiger partial charge in [-0.15, -0.1) is 0 Å². The van der Waals surface area contributed by atoms with Gasteiger partial charge in [0.15, 0.2) is 11.9 Å². The van der Waals surface area contributed by atoms with Gasteiger partial charge in [0.05, 0.1) is 27.4 Å². The zero-order valence-electron chi connectivity index (χ0n) is 15.4. The molecule has 2 rings (SSSR count). The van der Waals surface area contributed by atoms with Crippen LogP contribution < -0.4 is 14.2 Å². The van der Waals surface area contributed by atoms with Gasteiger partial charge in [0.2, 0.25) is 11.8 Å². The van der Waals surface area contributed by atoms with Crippen molar-refractivity contribution >= 4 is 11.8 Å². The second-order valence-electron chi connectivity index (χ2n) is 5.26. The van der Waals surface area contributed by atoms with Crippen LogP contribution in [0.25, 0.3) is 0 Å². The van der Waals surface area contributed by atoms with E-state index in [0.29, 0.717) is 11.3 Å². The number of esters is 1. The standard InChI is InChI=1S/C18H20N2O7/c1-11(17(22)25-4)26-10-14(21)12-6-5-7-13(8-12)27-18-19-15(23-2)9-16(20-18)24-3/h5-9,11H,10H2,1-4H3. The summed E-state index contributed by atoms with van der Waals surface area (Å²) in [4.78, 5) is 31.7. The Kier molecular flexibility index (Phi) is 7.07. The van der Waals surface area contributed by atoms with E-state index in [1.54, 1.807) is 18.2 Å². The number of rotatable bonds is 9. The Labute approximate surface area is 156 Å². The molecule has 0 saturated heterocycles. The molecule has 9 heteroatoms. The molecule has 1 aromatic heterocycles. The smallest absolute Gasteiger partial charge is 0.334 e. The number of hydrogen-bond donors (Lipinski definition) is 0. The molecule has 27 heavy (non-hydrogen) atoms. The second kappa shape index (κ2) is 9.48. The Bertz CT molecular complexity index is 788. The molecule has 0 N–H and O–H groups in total. The van der Waals surface area contributed by atoms with Crippen molar-refractivity contribution < 1.29 is 33.3 Å². The van der Waals surface area contributed by atoms with Gasteiger partial charge in [-0.1, -0.05) is 12.1 Å². The van der Waals surface area contributed by atoms with Crippen molar-refractivity contribution in [1.29, 1.82) is 0 Å². The summed E-state index contributed by atoms with van der Waals surface area (Å²) in [6, 6.07) is 7.92. The molecule has 0 aliphatic carbocycles. The van der Waals surface area contributed by atoms with E-state index in [1.165, 1.54) is 40.4 Å². The van der Waals surface area contributed by atoms with Gasteiger partial charge in [-0.25, -0.2) is 4.79 Å². The average molecular weight is 376 g/mol. The zero-order chi connectivity index (χ0) is 19.8. The van der Waals surface area contributed by atoms with E-state index in [4.69, 9.17) is 18.9 Å². The van der Waals surface area contributed by atoms with E-state index < -0.39 is 12.1 Å². The minimum atomic E-state index is -0.837. The van der Waals surface area contributed by atoms with Gasteiger partial charge in [-0.2, -0.15) is 9.97 Å². The molecule has 2 aromatic rings. The van der Waals surface area contributed by atoms with Gasteiger partial charge < -0.3 is 23.7 Å². The number of ether oxygens (including phenoxy) is 5. The van der Waals surface area contributed by atoms with Crippen LogP contribution in [0.4, 0.5) is 0 Å². The summed E-state index contributed by atoms with van der Waals surface area (Å²) >= 11 is 0. The van der Waals surface area contributed by atoms with Crippen molar-refractivity contribution in [2.75, 3.05) is 27.9 Å². The van der Waals surface area contributed by atoms with E-state index in [-0.39, 0.29) is 30.2 Å². The topological polar surface area (TPSA) is 106 Å². The molecular formula is C18H20N2O7. The summed E-state index contributed by atoms with van der Waals surface area (Å²) in [6.45, 7) is 1.23. The minimum absolute atomic E-state index is 0.00589. The van der Waals surface area contributed by atoms with Crippen LogP contribution in [0.2, 0.25) is 0 Å². The lowest BCUT2D eigenvalue weighted by atomic mass is 10.1. The van der Waals surface area contributed by atoms with Crippen LogP contribution in [0.5, 0.6) is 23.5 Å². The molecule has 0 amide bonds. The first-order valence-corrected chi connectivity index (χ1v) is 7.94. The van der Waals surface area contributed by atoms with Crippen molar-refractivity contribution in [3.05, 3.63) is 35.9 Å². The van der Waals surface area contributed by atoms with Gasteiger partial charge in [-0.3, -0.25) is 4.79 Å². The molecule has 0 aliphatic rings. The Morgan fingerprint density at radius 3 is 2.30 bits per heavy atom. The number of methoxy groups -OCH3 is 3. The quantitative estimate of drug-likeness (QED) is 0.480. The Balaban J connectivity index is 2.09. The van der Waals surface area contributed by atoms with Gasteiger partial charge in [0, 0.05) is 5.56 Å². The molecule has 1 aromatic carbocycles. The third kappa shape index (κ3) is 5.65. The number of nitrogens with zero attached hydrogens (tertiary/aromatic N) is 2. The van der Waals surface area contributed by atoms with Crippen LogP contribution in [0.1, 0.15) is 17.3 Å². The Morgan fingerprint density at radius 2 is 1.70 bits per heavy atom. The number of ketones is 1. The molecule has 9 nitrogen and oxygen atoms in total. The summed E-state index contributed by atoms with van der Waals surface area (Å²) < 4.78 is 25.5. The fourth-order valence-corrected chi connectivity index (χ4v) is 1.99. The fourth-order valence-electron chi connectivity index (χ4n) is 1.99. The highest BCUT2D eigenvalue weighted by Gasteiger charge is 2.16. The fraction of sp³-hybridized carbons (Fsp3) is 0.333. The summed E-state index contributed by atoms with van der Waals surface area (Å²) in [5, 5.41) is 0. The zero-order valence-corrected chi connectivity index (χ0v) is 15.4. The highest BCUT2D eigenvalue weighted by molar-refractivity contribution is 5.97. The van der Waals surface area contributed by atoms with E-state index >= 15 is 0 Å². The third-order valence-electron chi connectivity index (χ3n) is 3.44. The maximum absolute atomic E-state index is 12.3. The second-order valence-corrected chi connectivity index (χ2v) is 5.26. The monoisotopic (exact) mass is 376 g/mol. The lowest BCUT2D eigenvalue weighted by Gasteiger charge is -2.11. The number of Topliss-reactive ketones (excluding diaryl/α,β-unsaturated/α-hetero) is 1. The molecule has 0 spiro atoms. The van der Waals surface area contributed by atoms with Crippen LogP contribution in [-0.4, -0.2) is 55.8 Å². The van der Waals surface area contributed by atoms with Crippen LogP contribution >= 0.6 is 0 Å². The van der Waals surface area contributed by atoms with E-state index in [2.05, 4.69) is 14.7 Å². The van der Waals surface area contributed by atoms with Gasteiger partial charge in [0.1, 0.15) is 12.4 Å². The summed E-state index contributed by atoms with van der Waals surface area (Å²) in [5.74, 6) is 0.0186. The molecule has 1 unspecified atom stereocenters. The largest absolute Gasteiger partial charge is 0.481 e. The summed E-state index contributed by atoms with van der Waals surface area (Å²) in [6.07, 6.45) is -0.837. The van der Waals surface area contributed by atoms with Crippen LogP contribution in [-0.2, 0) is 14.3 Å². The van der Waals surface area contributed by atoms with Crippen molar-refractivity contribution in [2.24, 2.45) is 0 Å². The lowest BCUT2D eigenvalue weighted by molar-refractivity contribution is -0.152. The third-order valence-corrected chi connectivity index (χ3v) is 3.44. The van der Waals surface area contributed by atoms with E-state index in [1.807, 2.05) is 0 Å². The van der Waals surface area contributed by atoms with Crippen molar-refractivity contribution in [2.45, 2.75) is 13.0 Å². The number of carbonyl (C=O) groups excluding carboxylic acids is 2. The normalized spacial score (nSPS) is 11.4. The van der Waals surface area contributed by atoms with Gasteiger partial charge >= 0.3 is 12.0 Å². The molecule has 0 saturated carbocycles. The molecule has 0 fully saturated rings. The Hall–Kier alpha value is -3.20. The van der Waals surface area contributed by atoms with Crippen molar-refractivity contribution in [3.8, 4) is 23.5 Å². The van der Waals surface area contributed by atoms with E-state index in [9.17, 15) is 9.59 Å². The molecule has 0 aliphatic heterocycles. The molecule has 144 valence electrons. The SMILES string of the molecule is COC(=O)C(C)OCC(=O)c1cccc(Oc2nc(OC)cc(OC)n2)c1. The molecular weight excluding hydrogens is 356 g/mol. The first kappa shape index (κ1) is 20.1. The lowest BCUT2D eigenvalue weighted by Crippen LogP contribution is -2.25. The van der Waals surface area contributed by atoms with E-state index in [0.717, 1.165) is 0 Å². The summed E-state index contributed by atoms with van der Waals surface area (Å²) in [5.41, 5.74) is 0.347. The highest BCUT2D eigenvalue weighted by atomic mass is 16.6. The number of aromatic nitrogens is 2. The van der Waals surface area contributed by atoms with Gasteiger partial charge in [-0.05, 0) is 19.1 Å².